The number of nitrogens with zero attached hydrogens (tertiary/aromatic N) is 3. The molecule has 0 saturated heterocycles. The highest BCUT2D eigenvalue weighted by atomic mass is 16.6. The summed E-state index contributed by atoms with van der Waals surface area (Å²) in [4.78, 5) is 12.1. The molecule has 0 bridgehead atoms. The van der Waals surface area contributed by atoms with E-state index in [9.17, 15) is 4.79 Å². The number of amides is 1. The Morgan fingerprint density at radius 2 is 2.08 bits per heavy atom. The van der Waals surface area contributed by atoms with E-state index in [0.717, 1.165) is 48.5 Å². The smallest absolute Gasteiger partial charge is 0.407 e. The molecule has 0 radical (unpaired) electrons. The molecule has 2 aromatic rings. The number of hydrogen-bond donors (Lipinski definition) is 1. The van der Waals surface area contributed by atoms with Gasteiger partial charge in [0.1, 0.15) is 17.2 Å². The molecule has 0 spiro atoms. The quantitative estimate of drug-likeness (QED) is 0.905. The van der Waals surface area contributed by atoms with E-state index in [1.807, 2.05) is 44.4 Å². The summed E-state index contributed by atoms with van der Waals surface area (Å²) in [7, 11) is 1.66. The van der Waals surface area contributed by atoms with Crippen LogP contribution in [0.3, 0.4) is 0 Å². The molecule has 26 heavy (non-hydrogen) atoms. The summed E-state index contributed by atoms with van der Waals surface area (Å²) in [6.45, 7) is 7.60. The molecule has 3 rings (SSSR count). The molecule has 2 atom stereocenters. The maximum atomic E-state index is 12.1. The molecule has 1 aliphatic rings. The van der Waals surface area contributed by atoms with Crippen molar-refractivity contribution in [1.29, 1.82) is 0 Å². The molecule has 1 fully saturated rings. The SMILES string of the molecule is COc1ccn2c([C@H]3CCC[C@@H](NC(=O)OC(C)(C)C)C3)nnc2c1C. The van der Waals surface area contributed by atoms with Gasteiger partial charge in [-0.2, -0.15) is 0 Å². The number of ether oxygens (including phenoxy) is 2. The summed E-state index contributed by atoms with van der Waals surface area (Å²) >= 11 is 0. The predicted molar refractivity (Wildman–Crippen MR) is 98.6 cm³/mol. The van der Waals surface area contributed by atoms with Crippen molar-refractivity contribution in [1.82, 2.24) is 19.9 Å². The van der Waals surface area contributed by atoms with Crippen LogP contribution in [0, 0.1) is 6.92 Å². The number of carbonyl (C=O) groups excluding carboxylic acids is 1. The van der Waals surface area contributed by atoms with Gasteiger partial charge in [-0.15, -0.1) is 10.2 Å². The van der Waals surface area contributed by atoms with E-state index in [4.69, 9.17) is 9.47 Å². The standard InChI is InChI=1S/C19H28N4O3/c1-12-15(25-5)9-10-23-16(12)21-22-17(23)13-7-6-8-14(11-13)20-18(24)26-19(2,3)4/h9-10,13-14H,6-8,11H2,1-5H3,(H,20,24)/t13-,14+/m0/s1. The number of rotatable bonds is 3. The predicted octanol–water partition coefficient (Wildman–Crippen LogP) is 3.60. The largest absolute Gasteiger partial charge is 0.496 e. The van der Waals surface area contributed by atoms with Crippen molar-refractivity contribution in [3.63, 3.8) is 0 Å². The van der Waals surface area contributed by atoms with E-state index in [2.05, 4.69) is 15.5 Å². The Morgan fingerprint density at radius 1 is 1.31 bits per heavy atom. The molecule has 7 heteroatoms. The van der Waals surface area contributed by atoms with Gasteiger partial charge in [-0.05, 0) is 53.0 Å². The molecule has 142 valence electrons. The lowest BCUT2D eigenvalue weighted by Crippen LogP contribution is -2.41. The van der Waals surface area contributed by atoms with Crippen LogP contribution in [-0.2, 0) is 4.74 Å². The van der Waals surface area contributed by atoms with Gasteiger partial charge in [0.05, 0.1) is 7.11 Å². The van der Waals surface area contributed by atoms with E-state index in [0.29, 0.717) is 0 Å². The summed E-state index contributed by atoms with van der Waals surface area (Å²) < 4.78 is 12.8. The van der Waals surface area contributed by atoms with Crippen LogP contribution in [0.2, 0.25) is 0 Å². The average Bonchev–Trinajstić information content (AvgIpc) is 2.98. The van der Waals surface area contributed by atoms with Crippen molar-refractivity contribution in [3.8, 4) is 5.75 Å². The zero-order chi connectivity index (χ0) is 18.9. The van der Waals surface area contributed by atoms with Gasteiger partial charge in [0.2, 0.25) is 0 Å². The van der Waals surface area contributed by atoms with Gasteiger partial charge < -0.3 is 14.8 Å². The van der Waals surface area contributed by atoms with Crippen molar-refractivity contribution >= 4 is 11.7 Å². The summed E-state index contributed by atoms with van der Waals surface area (Å²) in [5.41, 5.74) is 1.31. The van der Waals surface area contributed by atoms with Crippen LogP contribution < -0.4 is 10.1 Å². The van der Waals surface area contributed by atoms with Gasteiger partial charge in [-0.3, -0.25) is 4.40 Å². The minimum absolute atomic E-state index is 0.0929. The summed E-state index contributed by atoms with van der Waals surface area (Å²) in [5.74, 6) is 2.01. The lowest BCUT2D eigenvalue weighted by molar-refractivity contribution is 0.0490. The second kappa shape index (κ2) is 7.13. The average molecular weight is 360 g/mol. The number of hydrogen-bond acceptors (Lipinski definition) is 5. The number of aromatic nitrogens is 3. The van der Waals surface area contributed by atoms with Crippen LogP contribution in [0.5, 0.6) is 5.75 Å². The molecule has 1 saturated carbocycles. The Hall–Kier alpha value is -2.31. The Kier molecular flexibility index (Phi) is 5.07. The van der Waals surface area contributed by atoms with Gasteiger partial charge in [-0.1, -0.05) is 6.42 Å². The molecule has 1 amide bonds. The van der Waals surface area contributed by atoms with E-state index >= 15 is 0 Å². The van der Waals surface area contributed by atoms with Gasteiger partial charge in [0, 0.05) is 23.7 Å². The fourth-order valence-corrected chi connectivity index (χ4v) is 3.61. The highest BCUT2D eigenvalue weighted by Gasteiger charge is 2.29. The van der Waals surface area contributed by atoms with E-state index in [1.54, 1.807) is 7.11 Å². The highest BCUT2D eigenvalue weighted by Crippen LogP contribution is 2.33. The maximum Gasteiger partial charge on any atom is 0.407 e. The number of nitrogens with one attached hydrogen (secondary N) is 1. The van der Waals surface area contributed by atoms with Gasteiger partial charge in [-0.25, -0.2) is 4.79 Å². The zero-order valence-corrected chi connectivity index (χ0v) is 16.2. The Morgan fingerprint density at radius 3 is 2.77 bits per heavy atom. The second-order valence-electron chi connectivity index (χ2n) is 7.97. The number of methoxy groups -OCH3 is 1. The Labute approximate surface area is 154 Å². The minimum Gasteiger partial charge on any atom is -0.496 e. The third-order valence-corrected chi connectivity index (χ3v) is 4.78. The molecule has 2 aromatic heterocycles. The third-order valence-electron chi connectivity index (χ3n) is 4.78. The highest BCUT2D eigenvalue weighted by molar-refractivity contribution is 5.68. The number of carbonyl (C=O) groups is 1. The third kappa shape index (κ3) is 3.92. The van der Waals surface area contributed by atoms with Crippen molar-refractivity contribution in [3.05, 3.63) is 23.7 Å². The molecule has 0 aromatic carbocycles. The first kappa shape index (κ1) is 18.5. The van der Waals surface area contributed by atoms with Crippen molar-refractivity contribution in [2.24, 2.45) is 0 Å². The van der Waals surface area contributed by atoms with E-state index < -0.39 is 5.60 Å². The Balaban J connectivity index is 1.75. The first-order valence-corrected chi connectivity index (χ1v) is 9.16. The molecule has 1 aliphatic carbocycles. The summed E-state index contributed by atoms with van der Waals surface area (Å²) in [5, 5.41) is 11.8. The van der Waals surface area contributed by atoms with Crippen LogP contribution >= 0.6 is 0 Å². The maximum absolute atomic E-state index is 12.1. The summed E-state index contributed by atoms with van der Waals surface area (Å²) in [6.07, 6.45) is 5.48. The zero-order valence-electron chi connectivity index (χ0n) is 16.2. The summed E-state index contributed by atoms with van der Waals surface area (Å²) in [6, 6.07) is 2.03. The van der Waals surface area contributed by atoms with Gasteiger partial charge >= 0.3 is 6.09 Å². The first-order valence-electron chi connectivity index (χ1n) is 9.16. The van der Waals surface area contributed by atoms with Crippen molar-refractivity contribution < 1.29 is 14.3 Å². The normalized spacial score (nSPS) is 20.8. The number of pyridine rings is 1. The second-order valence-corrected chi connectivity index (χ2v) is 7.97. The number of alkyl carbamates (subject to hydrolysis) is 1. The van der Waals surface area contributed by atoms with Crippen LogP contribution in [0.15, 0.2) is 12.3 Å². The molecular weight excluding hydrogens is 332 g/mol. The van der Waals surface area contributed by atoms with Crippen LogP contribution in [-0.4, -0.2) is 39.4 Å². The fourth-order valence-electron chi connectivity index (χ4n) is 3.61. The molecule has 7 nitrogen and oxygen atoms in total. The molecule has 0 aliphatic heterocycles. The first-order chi connectivity index (χ1) is 12.3. The minimum atomic E-state index is -0.488. The molecule has 1 N–H and O–H groups in total. The molecule has 0 unspecified atom stereocenters. The van der Waals surface area contributed by atoms with E-state index in [1.165, 1.54) is 0 Å². The molecule has 2 heterocycles. The monoisotopic (exact) mass is 360 g/mol. The topological polar surface area (TPSA) is 77.8 Å². The van der Waals surface area contributed by atoms with Crippen LogP contribution in [0.1, 0.15) is 63.8 Å². The fraction of sp³-hybridized carbons (Fsp3) is 0.632. The Bertz CT molecular complexity index is 794. The lowest BCUT2D eigenvalue weighted by Gasteiger charge is -2.30. The van der Waals surface area contributed by atoms with Crippen molar-refractivity contribution in [2.45, 2.75) is 70.9 Å². The lowest BCUT2D eigenvalue weighted by atomic mass is 9.85. The van der Waals surface area contributed by atoms with Crippen molar-refractivity contribution in [2.75, 3.05) is 7.11 Å². The number of aryl methyl sites for hydroxylation is 1. The number of fused-ring (bicyclic) bond motifs is 1. The van der Waals surface area contributed by atoms with Gasteiger partial charge in [0.15, 0.2) is 5.65 Å². The van der Waals surface area contributed by atoms with E-state index in [-0.39, 0.29) is 18.1 Å². The molecular formula is C19H28N4O3. The van der Waals surface area contributed by atoms with Crippen LogP contribution in [0.4, 0.5) is 4.79 Å². The van der Waals surface area contributed by atoms with Crippen LogP contribution in [0.25, 0.3) is 5.65 Å². The van der Waals surface area contributed by atoms with Gasteiger partial charge in [0.25, 0.3) is 0 Å².